The van der Waals surface area contributed by atoms with E-state index >= 15 is 0 Å². The van der Waals surface area contributed by atoms with E-state index in [4.69, 9.17) is 11.6 Å². The highest BCUT2D eigenvalue weighted by Crippen LogP contribution is 2.29. The zero-order valence-corrected chi connectivity index (χ0v) is 15.9. The van der Waals surface area contributed by atoms with Gasteiger partial charge in [-0.2, -0.15) is 5.10 Å². The first-order chi connectivity index (χ1) is 13.0. The van der Waals surface area contributed by atoms with Gasteiger partial charge in [-0.3, -0.25) is 14.3 Å². The molecule has 0 bridgehead atoms. The quantitative estimate of drug-likeness (QED) is 0.544. The molecular weight excluding hydrogens is 384 g/mol. The van der Waals surface area contributed by atoms with Gasteiger partial charge in [0.15, 0.2) is 0 Å². The number of benzene rings is 1. The smallest absolute Gasteiger partial charge is 0.271 e. The van der Waals surface area contributed by atoms with E-state index in [1.807, 2.05) is 41.9 Å². The lowest BCUT2D eigenvalue weighted by Gasteiger charge is -2.03. The summed E-state index contributed by atoms with van der Waals surface area (Å²) in [5.74, 6) is -0.314. The monoisotopic (exact) mass is 398 g/mol. The second-order valence-corrected chi connectivity index (χ2v) is 7.53. The first kappa shape index (κ1) is 17.5. The molecule has 2 N–H and O–H groups in total. The third kappa shape index (κ3) is 3.51. The van der Waals surface area contributed by atoms with Crippen molar-refractivity contribution in [2.45, 2.75) is 13.5 Å². The molecule has 3 aromatic heterocycles. The lowest BCUT2D eigenvalue weighted by molar-refractivity contribution is 0.103. The van der Waals surface area contributed by atoms with Crippen molar-refractivity contribution in [3.05, 3.63) is 80.2 Å². The number of anilines is 1. The van der Waals surface area contributed by atoms with Crippen molar-refractivity contribution < 1.29 is 4.79 Å². The van der Waals surface area contributed by atoms with E-state index in [1.54, 1.807) is 12.1 Å². The topological polar surface area (TPSA) is 79.8 Å². The maximum Gasteiger partial charge on any atom is 0.271 e. The van der Waals surface area contributed by atoms with Gasteiger partial charge in [0.1, 0.15) is 10.5 Å². The SMILES string of the molecule is Cc1nn(Cc2ccc(Cl)cc2)c2sc(C(=O)Nc3ccc[nH]c3=O)cc12. The molecule has 3 heterocycles. The molecule has 0 aliphatic carbocycles. The van der Waals surface area contributed by atoms with E-state index < -0.39 is 0 Å². The average Bonchev–Trinajstić information content (AvgIpc) is 3.21. The van der Waals surface area contributed by atoms with Gasteiger partial charge in [-0.25, -0.2) is 0 Å². The van der Waals surface area contributed by atoms with E-state index in [0.29, 0.717) is 16.4 Å². The number of hydrogen-bond acceptors (Lipinski definition) is 4. The molecule has 4 aromatic rings. The molecule has 0 saturated heterocycles. The molecule has 0 saturated carbocycles. The minimum absolute atomic E-state index is 0.222. The molecule has 0 spiro atoms. The van der Waals surface area contributed by atoms with Gasteiger partial charge in [0.05, 0.1) is 17.1 Å². The van der Waals surface area contributed by atoms with Crippen LogP contribution < -0.4 is 10.9 Å². The van der Waals surface area contributed by atoms with Crippen molar-refractivity contribution in [1.29, 1.82) is 0 Å². The Morgan fingerprint density at radius 1 is 1.30 bits per heavy atom. The zero-order valence-electron chi connectivity index (χ0n) is 14.3. The number of pyridine rings is 1. The van der Waals surface area contributed by atoms with E-state index in [1.165, 1.54) is 17.5 Å². The first-order valence-electron chi connectivity index (χ1n) is 8.22. The van der Waals surface area contributed by atoms with Gasteiger partial charge in [0.25, 0.3) is 11.5 Å². The summed E-state index contributed by atoms with van der Waals surface area (Å²) in [7, 11) is 0. The number of aromatic nitrogens is 3. The Balaban J connectivity index is 1.64. The Labute approximate surface area is 163 Å². The molecule has 0 radical (unpaired) electrons. The summed E-state index contributed by atoms with van der Waals surface area (Å²) in [6, 6.07) is 12.6. The van der Waals surface area contributed by atoms with Crippen LogP contribution in [0.2, 0.25) is 5.02 Å². The minimum Gasteiger partial charge on any atom is -0.327 e. The van der Waals surface area contributed by atoms with Gasteiger partial charge < -0.3 is 10.3 Å². The van der Waals surface area contributed by atoms with Gasteiger partial charge in [-0.05, 0) is 42.8 Å². The van der Waals surface area contributed by atoms with Crippen LogP contribution in [0.1, 0.15) is 20.9 Å². The maximum atomic E-state index is 12.6. The summed E-state index contributed by atoms with van der Waals surface area (Å²) < 4.78 is 1.88. The number of nitrogens with one attached hydrogen (secondary N) is 2. The maximum absolute atomic E-state index is 12.6. The molecule has 4 rings (SSSR count). The lowest BCUT2D eigenvalue weighted by Crippen LogP contribution is -2.18. The second kappa shape index (κ2) is 7.02. The van der Waals surface area contributed by atoms with Gasteiger partial charge in [0, 0.05) is 16.6 Å². The Morgan fingerprint density at radius 3 is 2.81 bits per heavy atom. The molecule has 0 aliphatic heterocycles. The number of H-pyrrole nitrogens is 1. The summed E-state index contributed by atoms with van der Waals surface area (Å²) in [6.07, 6.45) is 1.52. The van der Waals surface area contributed by atoms with Crippen LogP contribution in [0.3, 0.4) is 0 Å². The molecule has 27 heavy (non-hydrogen) atoms. The summed E-state index contributed by atoms with van der Waals surface area (Å²) in [4.78, 5) is 28.3. The lowest BCUT2D eigenvalue weighted by atomic mass is 10.2. The summed E-state index contributed by atoms with van der Waals surface area (Å²) in [6.45, 7) is 2.50. The normalized spacial score (nSPS) is 11.0. The highest BCUT2D eigenvalue weighted by atomic mass is 35.5. The Hall–Kier alpha value is -2.90. The van der Waals surface area contributed by atoms with Crippen LogP contribution in [-0.2, 0) is 6.54 Å². The van der Waals surface area contributed by atoms with Crippen molar-refractivity contribution in [2.75, 3.05) is 5.32 Å². The fourth-order valence-electron chi connectivity index (χ4n) is 2.80. The molecule has 1 aromatic carbocycles. The van der Waals surface area contributed by atoms with Crippen molar-refractivity contribution in [3.8, 4) is 0 Å². The Kier molecular flexibility index (Phi) is 4.55. The largest absolute Gasteiger partial charge is 0.327 e. The summed E-state index contributed by atoms with van der Waals surface area (Å²) >= 11 is 7.29. The van der Waals surface area contributed by atoms with Crippen LogP contribution >= 0.6 is 22.9 Å². The van der Waals surface area contributed by atoms with Crippen molar-refractivity contribution in [1.82, 2.24) is 14.8 Å². The van der Waals surface area contributed by atoms with Gasteiger partial charge in [-0.1, -0.05) is 23.7 Å². The van der Waals surface area contributed by atoms with Crippen LogP contribution in [0.5, 0.6) is 0 Å². The highest BCUT2D eigenvalue weighted by molar-refractivity contribution is 7.20. The molecule has 6 nitrogen and oxygen atoms in total. The number of hydrogen-bond donors (Lipinski definition) is 2. The summed E-state index contributed by atoms with van der Waals surface area (Å²) in [5, 5.41) is 8.85. The number of amides is 1. The summed E-state index contributed by atoms with van der Waals surface area (Å²) in [5.41, 5.74) is 1.81. The molecule has 8 heteroatoms. The molecule has 0 aliphatic rings. The first-order valence-corrected chi connectivity index (χ1v) is 9.41. The van der Waals surface area contributed by atoms with E-state index in [-0.39, 0.29) is 17.2 Å². The van der Waals surface area contributed by atoms with E-state index in [0.717, 1.165) is 21.5 Å². The number of halogens is 1. The second-order valence-electron chi connectivity index (χ2n) is 6.07. The molecule has 1 amide bonds. The number of aromatic amines is 1. The van der Waals surface area contributed by atoms with Crippen LogP contribution in [0.25, 0.3) is 10.2 Å². The molecule has 0 atom stereocenters. The van der Waals surface area contributed by atoms with Gasteiger partial charge in [0.2, 0.25) is 0 Å². The van der Waals surface area contributed by atoms with E-state index in [9.17, 15) is 9.59 Å². The Bertz CT molecular complexity index is 1190. The number of carbonyl (C=O) groups excluding carboxylic acids is 1. The highest BCUT2D eigenvalue weighted by Gasteiger charge is 2.17. The van der Waals surface area contributed by atoms with Gasteiger partial charge in [-0.15, -0.1) is 11.3 Å². The Morgan fingerprint density at radius 2 is 2.07 bits per heavy atom. The predicted molar refractivity (Wildman–Crippen MR) is 108 cm³/mol. The third-order valence-electron chi connectivity index (χ3n) is 4.14. The number of rotatable bonds is 4. The number of fused-ring (bicyclic) bond motifs is 1. The number of carbonyl (C=O) groups is 1. The average molecular weight is 399 g/mol. The van der Waals surface area contributed by atoms with Gasteiger partial charge >= 0.3 is 0 Å². The third-order valence-corrected chi connectivity index (χ3v) is 5.54. The molecular formula is C19H15ClN4O2S. The van der Waals surface area contributed by atoms with E-state index in [2.05, 4.69) is 15.4 Å². The molecule has 0 fully saturated rings. The predicted octanol–water partition coefficient (Wildman–Crippen LogP) is 4.05. The van der Waals surface area contributed by atoms with Crippen LogP contribution in [0, 0.1) is 6.92 Å². The molecule has 0 unspecified atom stereocenters. The van der Waals surface area contributed by atoms with Crippen molar-refractivity contribution in [2.24, 2.45) is 0 Å². The van der Waals surface area contributed by atoms with Crippen molar-refractivity contribution in [3.63, 3.8) is 0 Å². The zero-order chi connectivity index (χ0) is 19.0. The van der Waals surface area contributed by atoms with Crippen LogP contribution in [-0.4, -0.2) is 20.7 Å². The fraction of sp³-hybridized carbons (Fsp3) is 0.105. The minimum atomic E-state index is -0.336. The van der Waals surface area contributed by atoms with Crippen LogP contribution in [0.4, 0.5) is 5.69 Å². The van der Waals surface area contributed by atoms with Crippen molar-refractivity contribution >= 4 is 44.7 Å². The number of nitrogens with zero attached hydrogens (tertiary/aromatic N) is 2. The van der Waals surface area contributed by atoms with Crippen LogP contribution in [0.15, 0.2) is 53.5 Å². The standard InChI is InChI=1S/C19H15ClN4O2S/c1-11-14-9-16(18(26)22-15-3-2-8-21-17(15)25)27-19(14)24(23-11)10-12-4-6-13(20)7-5-12/h2-9H,10H2,1H3,(H,21,25)(H,22,26). The number of aryl methyl sites for hydroxylation is 1. The number of thiophene rings is 1. The molecule has 136 valence electrons. The fourth-order valence-corrected chi connectivity index (χ4v) is 3.98.